The first-order valence-electron chi connectivity index (χ1n) is 5.96. The van der Waals surface area contributed by atoms with Gasteiger partial charge in [0.25, 0.3) is 5.91 Å². The summed E-state index contributed by atoms with van der Waals surface area (Å²) in [4.78, 5) is 12.0. The molecular formula is C13H15ClFNO2. The molecule has 0 radical (unpaired) electrons. The maximum atomic E-state index is 13.6. The second kappa shape index (κ2) is 5.67. The van der Waals surface area contributed by atoms with Crippen molar-refractivity contribution in [2.75, 3.05) is 6.61 Å². The molecule has 1 N–H and O–H groups in total. The van der Waals surface area contributed by atoms with Gasteiger partial charge in [-0.05, 0) is 31.9 Å². The summed E-state index contributed by atoms with van der Waals surface area (Å²) in [5, 5.41) is 2.85. The lowest BCUT2D eigenvalue weighted by Gasteiger charge is -2.20. The molecule has 1 fully saturated rings. The van der Waals surface area contributed by atoms with E-state index in [-0.39, 0.29) is 22.7 Å². The Morgan fingerprint density at radius 3 is 3.00 bits per heavy atom. The first kappa shape index (κ1) is 13.3. The molecule has 2 atom stereocenters. The van der Waals surface area contributed by atoms with Crippen molar-refractivity contribution in [3.8, 4) is 0 Å². The maximum absolute atomic E-state index is 13.6. The van der Waals surface area contributed by atoms with Gasteiger partial charge in [0.1, 0.15) is 5.82 Å². The predicted molar refractivity (Wildman–Crippen MR) is 67.3 cm³/mol. The van der Waals surface area contributed by atoms with Gasteiger partial charge >= 0.3 is 0 Å². The van der Waals surface area contributed by atoms with Gasteiger partial charge in [-0.15, -0.1) is 0 Å². The van der Waals surface area contributed by atoms with Crippen LogP contribution < -0.4 is 5.32 Å². The van der Waals surface area contributed by atoms with E-state index >= 15 is 0 Å². The van der Waals surface area contributed by atoms with Crippen molar-refractivity contribution >= 4 is 17.5 Å². The number of rotatable bonds is 3. The van der Waals surface area contributed by atoms with Gasteiger partial charge in [-0.3, -0.25) is 4.79 Å². The monoisotopic (exact) mass is 271 g/mol. The molecule has 3 nitrogen and oxygen atoms in total. The molecule has 1 aliphatic rings. The second-order valence-corrected chi connectivity index (χ2v) is 4.82. The molecule has 0 spiro atoms. The molecule has 0 bridgehead atoms. The summed E-state index contributed by atoms with van der Waals surface area (Å²) in [5.74, 6) is -1.11. The molecule has 0 aliphatic carbocycles. The molecule has 2 rings (SSSR count). The molecule has 5 heteroatoms. The lowest BCUT2D eigenvalue weighted by molar-refractivity contribution is 0.0710. The molecule has 0 aromatic heterocycles. The number of carbonyl (C=O) groups excluding carboxylic acids is 1. The highest BCUT2D eigenvalue weighted by Gasteiger charge is 2.25. The highest BCUT2D eigenvalue weighted by atomic mass is 35.5. The molecule has 1 saturated heterocycles. The van der Waals surface area contributed by atoms with Crippen LogP contribution >= 0.6 is 11.6 Å². The topological polar surface area (TPSA) is 38.3 Å². The second-order valence-electron chi connectivity index (χ2n) is 4.41. The first-order valence-corrected chi connectivity index (χ1v) is 6.34. The third-order valence-corrected chi connectivity index (χ3v) is 3.39. The summed E-state index contributed by atoms with van der Waals surface area (Å²) in [7, 11) is 0. The SMILES string of the molecule is C[C@@H](NC(=O)c1c(F)cccc1Cl)[C@@H]1CCCO1. The minimum atomic E-state index is -0.612. The van der Waals surface area contributed by atoms with Gasteiger partial charge in [-0.1, -0.05) is 17.7 Å². The quantitative estimate of drug-likeness (QED) is 0.918. The Morgan fingerprint density at radius 1 is 1.61 bits per heavy atom. The van der Waals surface area contributed by atoms with Crippen LogP contribution in [0.2, 0.25) is 5.02 Å². The summed E-state index contributed by atoms with van der Waals surface area (Å²) in [6.45, 7) is 2.56. The van der Waals surface area contributed by atoms with E-state index in [0.717, 1.165) is 12.8 Å². The fourth-order valence-electron chi connectivity index (χ4n) is 2.08. The summed E-state index contributed by atoms with van der Waals surface area (Å²) >= 11 is 5.84. The van der Waals surface area contributed by atoms with E-state index in [1.807, 2.05) is 6.92 Å². The van der Waals surface area contributed by atoms with Crippen molar-refractivity contribution in [2.45, 2.75) is 31.9 Å². The molecule has 18 heavy (non-hydrogen) atoms. The van der Waals surface area contributed by atoms with Crippen LogP contribution in [0, 0.1) is 5.82 Å². The number of ether oxygens (including phenoxy) is 1. The summed E-state index contributed by atoms with van der Waals surface area (Å²) in [5.41, 5.74) is -0.107. The molecule has 1 amide bonds. The Labute approximate surface area is 110 Å². The van der Waals surface area contributed by atoms with E-state index in [9.17, 15) is 9.18 Å². The predicted octanol–water partition coefficient (Wildman–Crippen LogP) is 2.78. The molecule has 0 unspecified atom stereocenters. The molecular weight excluding hydrogens is 257 g/mol. The fraction of sp³-hybridized carbons (Fsp3) is 0.462. The Balaban J connectivity index is 2.07. The summed E-state index contributed by atoms with van der Waals surface area (Å²) in [6, 6.07) is 4.03. The zero-order valence-electron chi connectivity index (χ0n) is 10.1. The van der Waals surface area contributed by atoms with Crippen molar-refractivity contribution in [2.24, 2.45) is 0 Å². The summed E-state index contributed by atoms with van der Waals surface area (Å²) < 4.78 is 19.0. The van der Waals surface area contributed by atoms with Crippen LogP contribution in [0.1, 0.15) is 30.1 Å². The van der Waals surface area contributed by atoms with E-state index in [4.69, 9.17) is 16.3 Å². The van der Waals surface area contributed by atoms with Crippen LogP contribution in [0.15, 0.2) is 18.2 Å². The number of hydrogen-bond acceptors (Lipinski definition) is 2. The van der Waals surface area contributed by atoms with Gasteiger partial charge in [0.05, 0.1) is 22.7 Å². The van der Waals surface area contributed by atoms with Gasteiger partial charge in [0, 0.05) is 6.61 Å². The highest BCUT2D eigenvalue weighted by Crippen LogP contribution is 2.20. The Kier molecular flexibility index (Phi) is 4.19. The van der Waals surface area contributed by atoms with Crippen molar-refractivity contribution in [3.05, 3.63) is 34.6 Å². The van der Waals surface area contributed by atoms with Crippen molar-refractivity contribution in [3.63, 3.8) is 0 Å². The lowest BCUT2D eigenvalue weighted by Crippen LogP contribution is -2.41. The number of carbonyl (C=O) groups is 1. The zero-order valence-corrected chi connectivity index (χ0v) is 10.8. The standard InChI is InChI=1S/C13H15ClFNO2/c1-8(11-6-3-7-18-11)16-13(17)12-9(14)4-2-5-10(12)15/h2,4-5,8,11H,3,6-7H2,1H3,(H,16,17)/t8-,11+/m1/s1. The third kappa shape index (κ3) is 2.82. The Hall–Kier alpha value is -1.13. The van der Waals surface area contributed by atoms with Crippen LogP contribution in [0.25, 0.3) is 0 Å². The average molecular weight is 272 g/mol. The summed E-state index contributed by atoms with van der Waals surface area (Å²) in [6.07, 6.45) is 1.90. The minimum absolute atomic E-state index is 0.000464. The fourth-order valence-corrected chi connectivity index (χ4v) is 2.33. The molecule has 1 aromatic rings. The first-order chi connectivity index (χ1) is 8.59. The van der Waals surface area contributed by atoms with Crippen molar-refractivity contribution in [1.29, 1.82) is 0 Å². The van der Waals surface area contributed by atoms with E-state index in [1.54, 1.807) is 0 Å². The van der Waals surface area contributed by atoms with Gasteiger partial charge in [-0.25, -0.2) is 4.39 Å². The van der Waals surface area contributed by atoms with Gasteiger partial charge < -0.3 is 10.1 Å². The minimum Gasteiger partial charge on any atom is -0.376 e. The van der Waals surface area contributed by atoms with Gasteiger partial charge in [-0.2, -0.15) is 0 Å². The molecule has 1 aromatic carbocycles. The maximum Gasteiger partial charge on any atom is 0.256 e. The van der Waals surface area contributed by atoms with Crippen molar-refractivity contribution in [1.82, 2.24) is 5.32 Å². The Morgan fingerprint density at radius 2 is 2.39 bits per heavy atom. The van der Waals surface area contributed by atoms with Crippen LogP contribution in [-0.4, -0.2) is 24.7 Å². The van der Waals surface area contributed by atoms with Crippen molar-refractivity contribution < 1.29 is 13.9 Å². The number of halogens is 2. The molecule has 1 heterocycles. The smallest absolute Gasteiger partial charge is 0.256 e. The number of hydrogen-bond donors (Lipinski definition) is 1. The zero-order chi connectivity index (χ0) is 13.1. The number of benzene rings is 1. The molecule has 98 valence electrons. The van der Waals surface area contributed by atoms with E-state index in [2.05, 4.69) is 5.32 Å². The van der Waals surface area contributed by atoms with Crippen LogP contribution in [0.3, 0.4) is 0 Å². The number of amides is 1. The van der Waals surface area contributed by atoms with E-state index in [0.29, 0.717) is 6.61 Å². The third-order valence-electron chi connectivity index (χ3n) is 3.07. The number of nitrogens with one attached hydrogen (secondary N) is 1. The van der Waals surface area contributed by atoms with E-state index in [1.165, 1.54) is 18.2 Å². The van der Waals surface area contributed by atoms with Crippen LogP contribution in [0.4, 0.5) is 4.39 Å². The van der Waals surface area contributed by atoms with Gasteiger partial charge in [0.2, 0.25) is 0 Å². The van der Waals surface area contributed by atoms with Gasteiger partial charge in [0.15, 0.2) is 0 Å². The van der Waals surface area contributed by atoms with Crippen LogP contribution in [0.5, 0.6) is 0 Å². The Bertz CT molecular complexity index is 426. The van der Waals surface area contributed by atoms with Crippen LogP contribution in [-0.2, 0) is 4.74 Å². The normalized spacial score (nSPS) is 20.7. The molecule has 0 saturated carbocycles. The largest absolute Gasteiger partial charge is 0.376 e. The molecule has 1 aliphatic heterocycles. The highest BCUT2D eigenvalue weighted by molar-refractivity contribution is 6.33. The van der Waals surface area contributed by atoms with E-state index < -0.39 is 11.7 Å². The average Bonchev–Trinajstić information content (AvgIpc) is 2.81. The lowest BCUT2D eigenvalue weighted by atomic mass is 10.1.